The zero-order valence-corrected chi connectivity index (χ0v) is 12.9. The van der Waals surface area contributed by atoms with Gasteiger partial charge in [0, 0.05) is 24.0 Å². The Balaban J connectivity index is 2.77. The molecule has 0 spiro atoms. The highest BCUT2D eigenvalue weighted by Gasteiger charge is 2.24. The standard InChI is InChI=1S/C14H27N3S/c1-5-8-17(10-9-16(3)4)14(12(2)15)13-7-6-11-18-13/h6-7,11-12,14H,5,8-10,15H2,1-4H3. The van der Waals surface area contributed by atoms with E-state index in [0.717, 1.165) is 19.6 Å². The highest BCUT2D eigenvalue weighted by Crippen LogP contribution is 2.27. The second kappa shape index (κ2) is 7.89. The Morgan fingerprint density at radius 2 is 2.00 bits per heavy atom. The van der Waals surface area contributed by atoms with Gasteiger partial charge in [-0.2, -0.15) is 0 Å². The first-order valence-electron chi connectivity index (χ1n) is 6.74. The van der Waals surface area contributed by atoms with Crippen LogP contribution in [0.4, 0.5) is 0 Å². The first-order valence-corrected chi connectivity index (χ1v) is 7.62. The topological polar surface area (TPSA) is 32.5 Å². The highest BCUT2D eigenvalue weighted by molar-refractivity contribution is 7.10. The van der Waals surface area contributed by atoms with Crippen molar-refractivity contribution in [2.45, 2.75) is 32.4 Å². The van der Waals surface area contributed by atoms with E-state index in [2.05, 4.69) is 55.3 Å². The quantitative estimate of drug-likeness (QED) is 0.786. The monoisotopic (exact) mass is 269 g/mol. The fourth-order valence-electron chi connectivity index (χ4n) is 2.24. The molecule has 0 aromatic carbocycles. The van der Waals surface area contributed by atoms with Gasteiger partial charge in [0.25, 0.3) is 0 Å². The third kappa shape index (κ3) is 4.69. The van der Waals surface area contributed by atoms with Crippen LogP contribution in [0.5, 0.6) is 0 Å². The van der Waals surface area contributed by atoms with Crippen LogP contribution in [0, 0.1) is 0 Å². The van der Waals surface area contributed by atoms with Gasteiger partial charge in [0.15, 0.2) is 0 Å². The maximum absolute atomic E-state index is 6.22. The summed E-state index contributed by atoms with van der Waals surface area (Å²) in [5.41, 5.74) is 6.22. The average molecular weight is 269 g/mol. The van der Waals surface area contributed by atoms with E-state index in [1.54, 1.807) is 0 Å². The van der Waals surface area contributed by atoms with Crippen molar-refractivity contribution in [3.05, 3.63) is 22.4 Å². The second-order valence-electron chi connectivity index (χ2n) is 5.16. The van der Waals surface area contributed by atoms with E-state index in [4.69, 9.17) is 5.73 Å². The van der Waals surface area contributed by atoms with Crippen LogP contribution in [0.2, 0.25) is 0 Å². The molecule has 2 atom stereocenters. The van der Waals surface area contributed by atoms with Crippen LogP contribution in [0.3, 0.4) is 0 Å². The van der Waals surface area contributed by atoms with Crippen LogP contribution >= 0.6 is 11.3 Å². The van der Waals surface area contributed by atoms with E-state index in [-0.39, 0.29) is 6.04 Å². The smallest absolute Gasteiger partial charge is 0.0591 e. The molecule has 0 radical (unpaired) electrons. The second-order valence-corrected chi connectivity index (χ2v) is 6.14. The Labute approximate surface area is 116 Å². The van der Waals surface area contributed by atoms with E-state index >= 15 is 0 Å². The minimum Gasteiger partial charge on any atom is -0.326 e. The summed E-state index contributed by atoms with van der Waals surface area (Å²) in [4.78, 5) is 6.14. The van der Waals surface area contributed by atoms with Crippen molar-refractivity contribution in [1.29, 1.82) is 0 Å². The number of nitrogens with two attached hydrogens (primary N) is 1. The van der Waals surface area contributed by atoms with Gasteiger partial charge < -0.3 is 10.6 Å². The minimum absolute atomic E-state index is 0.164. The van der Waals surface area contributed by atoms with Gasteiger partial charge in [0.05, 0.1) is 6.04 Å². The molecule has 0 saturated heterocycles. The zero-order chi connectivity index (χ0) is 13.5. The third-order valence-corrected chi connectivity index (χ3v) is 4.01. The van der Waals surface area contributed by atoms with Crippen molar-refractivity contribution in [3.8, 4) is 0 Å². The molecule has 4 heteroatoms. The van der Waals surface area contributed by atoms with E-state index in [9.17, 15) is 0 Å². The summed E-state index contributed by atoms with van der Waals surface area (Å²) < 4.78 is 0. The first kappa shape index (κ1) is 15.6. The molecule has 0 aliphatic rings. The largest absolute Gasteiger partial charge is 0.326 e. The van der Waals surface area contributed by atoms with Gasteiger partial charge in [-0.1, -0.05) is 13.0 Å². The van der Waals surface area contributed by atoms with Gasteiger partial charge >= 0.3 is 0 Å². The Morgan fingerprint density at radius 1 is 1.28 bits per heavy atom. The molecule has 2 unspecified atom stereocenters. The molecule has 1 aromatic rings. The summed E-state index contributed by atoms with van der Waals surface area (Å²) in [7, 11) is 4.24. The number of nitrogens with zero attached hydrogens (tertiary/aromatic N) is 2. The van der Waals surface area contributed by atoms with Gasteiger partial charge in [-0.15, -0.1) is 11.3 Å². The summed E-state index contributed by atoms with van der Waals surface area (Å²) >= 11 is 1.81. The Morgan fingerprint density at radius 3 is 2.44 bits per heavy atom. The van der Waals surface area contributed by atoms with Gasteiger partial charge in [0.1, 0.15) is 0 Å². The lowest BCUT2D eigenvalue weighted by Crippen LogP contribution is -2.42. The Hall–Kier alpha value is -0.420. The Kier molecular flexibility index (Phi) is 6.86. The lowest BCUT2D eigenvalue weighted by atomic mass is 10.1. The predicted octanol–water partition coefficient (Wildman–Crippen LogP) is 2.41. The molecule has 18 heavy (non-hydrogen) atoms. The molecule has 1 heterocycles. The highest BCUT2D eigenvalue weighted by atomic mass is 32.1. The van der Waals surface area contributed by atoms with Crippen molar-refractivity contribution >= 4 is 11.3 Å². The summed E-state index contributed by atoms with van der Waals surface area (Å²) in [5.74, 6) is 0. The summed E-state index contributed by atoms with van der Waals surface area (Å²) in [6, 6.07) is 4.84. The number of hydrogen-bond donors (Lipinski definition) is 1. The minimum atomic E-state index is 0.164. The van der Waals surface area contributed by atoms with Crippen molar-refractivity contribution in [3.63, 3.8) is 0 Å². The summed E-state index contributed by atoms with van der Waals surface area (Å²) in [6.45, 7) is 7.61. The molecule has 0 fully saturated rings. The van der Waals surface area contributed by atoms with Gasteiger partial charge in [-0.25, -0.2) is 0 Å². The molecule has 104 valence electrons. The SMILES string of the molecule is CCCN(CCN(C)C)C(c1cccs1)C(C)N. The normalized spacial score (nSPS) is 15.3. The molecule has 0 amide bonds. The molecule has 1 rings (SSSR count). The molecule has 3 nitrogen and oxygen atoms in total. The van der Waals surface area contributed by atoms with Crippen molar-refractivity contribution in [1.82, 2.24) is 9.80 Å². The van der Waals surface area contributed by atoms with Crippen molar-refractivity contribution in [2.24, 2.45) is 5.73 Å². The van der Waals surface area contributed by atoms with E-state index in [1.165, 1.54) is 11.3 Å². The molecule has 0 bridgehead atoms. The number of thiophene rings is 1. The first-order chi connectivity index (χ1) is 8.56. The predicted molar refractivity (Wildman–Crippen MR) is 81.1 cm³/mol. The molecule has 1 aromatic heterocycles. The van der Waals surface area contributed by atoms with Crippen LogP contribution in [-0.2, 0) is 0 Å². The molecule has 0 saturated carbocycles. The number of hydrogen-bond acceptors (Lipinski definition) is 4. The third-order valence-electron chi connectivity index (χ3n) is 3.07. The van der Waals surface area contributed by atoms with Crippen LogP contribution in [0.25, 0.3) is 0 Å². The number of rotatable bonds is 8. The van der Waals surface area contributed by atoms with Crippen LogP contribution < -0.4 is 5.73 Å². The summed E-state index contributed by atoms with van der Waals surface area (Å²) in [6.07, 6.45) is 1.17. The van der Waals surface area contributed by atoms with Crippen LogP contribution in [0.1, 0.15) is 31.2 Å². The lowest BCUT2D eigenvalue weighted by molar-refractivity contribution is 0.163. The molecule has 0 aliphatic heterocycles. The van der Waals surface area contributed by atoms with Gasteiger partial charge in [-0.05, 0) is 45.4 Å². The van der Waals surface area contributed by atoms with Crippen LogP contribution in [0.15, 0.2) is 17.5 Å². The maximum atomic E-state index is 6.22. The lowest BCUT2D eigenvalue weighted by Gasteiger charge is -2.34. The van der Waals surface area contributed by atoms with Crippen molar-refractivity contribution in [2.75, 3.05) is 33.7 Å². The Bertz CT molecular complexity index is 309. The van der Waals surface area contributed by atoms with Crippen molar-refractivity contribution < 1.29 is 0 Å². The summed E-state index contributed by atoms with van der Waals surface area (Å²) in [5, 5.41) is 2.14. The molecular formula is C14H27N3S. The van der Waals surface area contributed by atoms with Crippen LogP contribution in [-0.4, -0.2) is 49.6 Å². The maximum Gasteiger partial charge on any atom is 0.0591 e. The van der Waals surface area contributed by atoms with Gasteiger partial charge in [-0.3, -0.25) is 4.90 Å². The molecule has 0 aliphatic carbocycles. The zero-order valence-electron chi connectivity index (χ0n) is 12.1. The molecule has 2 N–H and O–H groups in total. The fourth-order valence-corrected chi connectivity index (χ4v) is 3.21. The molecular weight excluding hydrogens is 242 g/mol. The number of likely N-dealkylation sites (N-methyl/N-ethyl adjacent to an activating group) is 1. The van der Waals surface area contributed by atoms with E-state index < -0.39 is 0 Å². The average Bonchev–Trinajstić information content (AvgIpc) is 2.79. The van der Waals surface area contributed by atoms with E-state index in [1.807, 2.05) is 11.3 Å². The van der Waals surface area contributed by atoms with E-state index in [0.29, 0.717) is 6.04 Å². The van der Waals surface area contributed by atoms with Gasteiger partial charge in [0.2, 0.25) is 0 Å². The fraction of sp³-hybridized carbons (Fsp3) is 0.714.